The minimum atomic E-state index is -5.35. The summed E-state index contributed by atoms with van der Waals surface area (Å²) in [6, 6.07) is 0. The zero-order chi connectivity index (χ0) is 23.0. The van der Waals surface area contributed by atoms with E-state index in [1.54, 1.807) is 0 Å². The van der Waals surface area contributed by atoms with Gasteiger partial charge in [-0.25, -0.2) is 36.6 Å². The molecule has 8 rings (SSSR count). The van der Waals surface area contributed by atoms with Gasteiger partial charge in [0.05, 0.1) is 0 Å². The molecule has 24 heteroatoms. The van der Waals surface area contributed by atoms with E-state index in [-0.39, 0.29) is 9.79 Å². The molecule has 33 heavy (non-hydrogen) atoms. The molecule has 8 atom stereocenters. The van der Waals surface area contributed by atoms with Crippen molar-refractivity contribution in [1.82, 2.24) is 9.55 Å². The molecular formula is C9H3FN3O17P3. The largest absolute Gasteiger partial charge is 0.583 e. The minimum Gasteiger partial charge on any atom is -0.381 e. The van der Waals surface area contributed by atoms with E-state index in [1.807, 2.05) is 0 Å². The molecule has 3 spiro atoms. The van der Waals surface area contributed by atoms with E-state index in [0.29, 0.717) is 0 Å². The van der Waals surface area contributed by atoms with Crippen LogP contribution < -0.4 is 15.4 Å². The predicted octanol–water partition coefficient (Wildman–Crippen LogP) is -1.09. The number of ether oxygens (including phenoxy) is 1. The Morgan fingerprint density at radius 1 is 1.06 bits per heavy atom. The van der Waals surface area contributed by atoms with Crippen molar-refractivity contribution in [3.05, 3.63) is 16.3 Å². The monoisotopic (exact) mass is 537 g/mol. The Kier molecular flexibility index (Phi) is 2.99. The second-order valence-electron chi connectivity index (χ2n) is 7.12. The molecule has 0 radical (unpaired) electrons. The van der Waals surface area contributed by atoms with Crippen molar-refractivity contribution in [1.29, 1.82) is 0 Å². The zero-order valence-corrected chi connectivity index (χ0v) is 17.3. The van der Waals surface area contributed by atoms with Crippen molar-refractivity contribution < 1.29 is 79.0 Å². The first-order valence-corrected chi connectivity index (χ1v) is 12.7. The molecule has 0 aromatic carbocycles. The molecular weight excluding hydrogens is 534 g/mol. The van der Waals surface area contributed by atoms with Crippen LogP contribution in [-0.4, -0.2) is 43.4 Å². The fourth-order valence-corrected chi connectivity index (χ4v) is 8.40. The van der Waals surface area contributed by atoms with E-state index in [9.17, 15) is 28.7 Å². The van der Waals surface area contributed by atoms with Gasteiger partial charge >= 0.3 is 46.6 Å². The number of phosphoric ester groups is 2. The van der Waals surface area contributed by atoms with Crippen LogP contribution in [0.5, 0.6) is 5.88 Å². The second-order valence-corrected chi connectivity index (χ2v) is 11.4. The molecule has 2 N–H and O–H groups in total. The smallest absolute Gasteiger partial charge is 0.381 e. The average molecular weight is 537 g/mol. The van der Waals surface area contributed by atoms with Crippen molar-refractivity contribution in [2.75, 3.05) is 5.23 Å². The molecule has 7 aliphatic rings. The summed E-state index contributed by atoms with van der Waals surface area (Å²) < 4.78 is 104. The van der Waals surface area contributed by atoms with E-state index < -0.39 is 76.2 Å². The molecule has 1 aromatic rings. The first-order chi connectivity index (χ1) is 15.3. The zero-order valence-electron chi connectivity index (χ0n) is 14.7. The Bertz CT molecular complexity index is 1430. The minimum absolute atomic E-state index is 0.124. The van der Waals surface area contributed by atoms with Crippen LogP contribution in [0.15, 0.2) is 4.79 Å². The van der Waals surface area contributed by atoms with Gasteiger partial charge in [-0.2, -0.15) is 18.8 Å². The maximum Gasteiger partial charge on any atom is 0.583 e. The van der Waals surface area contributed by atoms with Crippen LogP contribution in [0.3, 0.4) is 0 Å². The van der Waals surface area contributed by atoms with Gasteiger partial charge in [-0.1, -0.05) is 5.23 Å². The lowest BCUT2D eigenvalue weighted by Crippen LogP contribution is -2.68. The Morgan fingerprint density at radius 2 is 1.82 bits per heavy atom. The van der Waals surface area contributed by atoms with Crippen LogP contribution >= 0.6 is 23.5 Å². The molecule has 178 valence electrons. The molecule has 9 bridgehead atoms. The summed E-state index contributed by atoms with van der Waals surface area (Å²) in [7, 11) is -15.7. The number of aliphatic hydroxyl groups excluding tert-OH is 1. The number of aromatic nitrogens is 2. The third kappa shape index (κ3) is 1.78. The number of aliphatic hydroxyl groups is 2. The summed E-state index contributed by atoms with van der Waals surface area (Å²) in [5, 5.41) is 21.9. The number of anilines is 1. The van der Waals surface area contributed by atoms with Crippen LogP contribution in [0.25, 0.3) is 0 Å². The number of fused-ring (bicyclic) bond motifs is 6. The third-order valence-electron chi connectivity index (χ3n) is 5.38. The van der Waals surface area contributed by atoms with Crippen molar-refractivity contribution in [3.8, 4) is 5.88 Å². The van der Waals surface area contributed by atoms with Gasteiger partial charge in [0.1, 0.15) is 0 Å². The number of nitrogens with zero attached hydrogens (tertiary/aromatic N) is 3. The lowest BCUT2D eigenvalue weighted by atomic mass is 9.97. The second kappa shape index (κ2) is 4.96. The van der Waals surface area contributed by atoms with Crippen LogP contribution in [0.4, 0.5) is 10.2 Å². The molecule has 5 saturated heterocycles. The van der Waals surface area contributed by atoms with Gasteiger partial charge in [0.2, 0.25) is 17.9 Å². The summed E-state index contributed by atoms with van der Waals surface area (Å²) >= 11 is 0. The lowest BCUT2D eigenvalue weighted by Gasteiger charge is -2.39. The summed E-state index contributed by atoms with van der Waals surface area (Å²) in [4.78, 5) is 21.2. The number of phosphoric acid groups is 3. The van der Waals surface area contributed by atoms with Gasteiger partial charge in [0.15, 0.2) is 0 Å². The maximum absolute atomic E-state index is 15.4. The molecule has 5 fully saturated rings. The standard InChI is InChI=1S/C9H3FN3O17P3/c10-1-2-11-5(15)12-3(1)20-32(18)28-13(2)29-33(19)25-7(16)8(26-33,23-30-32)6-4(14)21-31(17,24-6)27-9(7,12)22-6/h4,14,16H/t4?,6-,7-,8-,9?,31?,32?,33?/m1/s1. The Balaban J connectivity index is 1.64. The van der Waals surface area contributed by atoms with E-state index >= 15 is 4.39 Å². The Hall–Kier alpha value is -1.38. The molecule has 7 aliphatic heterocycles. The summed E-state index contributed by atoms with van der Waals surface area (Å²) in [5.41, 5.74) is -1.64. The fraction of sp³-hybridized carbons (Fsp3) is 0.556. The van der Waals surface area contributed by atoms with Gasteiger partial charge in [0, 0.05) is 0 Å². The summed E-state index contributed by atoms with van der Waals surface area (Å²) in [5.74, 6) is -18.3. The van der Waals surface area contributed by atoms with Gasteiger partial charge in [-0.05, 0) is 0 Å². The van der Waals surface area contributed by atoms with Crippen LogP contribution in [0, 0.1) is 5.82 Å². The number of hydrogen-bond acceptors (Lipinski definition) is 19. The number of hydrogen-bond donors (Lipinski definition) is 2. The van der Waals surface area contributed by atoms with Crippen molar-refractivity contribution in [2.24, 2.45) is 0 Å². The van der Waals surface area contributed by atoms with Gasteiger partial charge < -0.3 is 14.7 Å². The van der Waals surface area contributed by atoms with Crippen molar-refractivity contribution >= 4 is 29.3 Å². The highest BCUT2D eigenvalue weighted by Gasteiger charge is 3.02. The van der Waals surface area contributed by atoms with Crippen LogP contribution in [0.1, 0.15) is 0 Å². The SMILES string of the molecule is O=c1nc2c(F)c3n1C14O[C@]5(OP(=O)(OC5O)O1)[C@@]15OOP(=O)(O3)ON2OP(=O)(O1)O[C@@]45O. The van der Waals surface area contributed by atoms with Crippen LogP contribution in [0.2, 0.25) is 0 Å². The predicted molar refractivity (Wildman–Crippen MR) is 79.6 cm³/mol. The molecule has 5 unspecified atom stereocenters. The number of halogens is 1. The van der Waals surface area contributed by atoms with Gasteiger partial charge in [-0.15, -0.1) is 13.9 Å². The molecule has 20 nitrogen and oxygen atoms in total. The normalized spacial score (nSPS) is 56.3. The highest BCUT2D eigenvalue weighted by atomic mass is 31.2. The highest BCUT2D eigenvalue weighted by Crippen LogP contribution is 2.85. The maximum atomic E-state index is 15.4. The first kappa shape index (κ1) is 19.9. The lowest BCUT2D eigenvalue weighted by molar-refractivity contribution is -0.465. The Labute approximate surface area is 175 Å². The molecule has 0 amide bonds. The van der Waals surface area contributed by atoms with Crippen molar-refractivity contribution in [2.45, 2.75) is 29.6 Å². The van der Waals surface area contributed by atoms with Crippen molar-refractivity contribution in [3.63, 3.8) is 0 Å². The van der Waals surface area contributed by atoms with Crippen LogP contribution in [-0.2, 0) is 65.8 Å². The third-order valence-corrected chi connectivity index (χ3v) is 9.13. The van der Waals surface area contributed by atoms with E-state index in [2.05, 4.69) is 9.66 Å². The number of rotatable bonds is 0. The molecule has 8 heterocycles. The topological polar surface area (TPSA) is 231 Å². The van der Waals surface area contributed by atoms with E-state index in [4.69, 9.17) is 46.0 Å². The van der Waals surface area contributed by atoms with E-state index in [1.165, 1.54) is 0 Å². The first-order valence-electron chi connectivity index (χ1n) is 8.35. The quantitative estimate of drug-likeness (QED) is 0.296. The highest BCUT2D eigenvalue weighted by molar-refractivity contribution is 7.50. The average Bonchev–Trinajstić information content (AvgIpc) is 3.10. The summed E-state index contributed by atoms with van der Waals surface area (Å²) in [6.07, 6.45) is -2.59. The fourth-order valence-electron chi connectivity index (χ4n) is 4.21. The summed E-state index contributed by atoms with van der Waals surface area (Å²) in [6.45, 7) is 0. The molecule has 0 aliphatic carbocycles. The van der Waals surface area contributed by atoms with E-state index in [0.717, 1.165) is 0 Å². The molecule has 1 aromatic heterocycles. The van der Waals surface area contributed by atoms with Gasteiger partial charge in [0.25, 0.3) is 11.7 Å². The van der Waals surface area contributed by atoms with Gasteiger partial charge in [-0.3, -0.25) is 9.26 Å². The molecule has 0 saturated carbocycles. The Morgan fingerprint density at radius 3 is 2.61 bits per heavy atom.